The Bertz CT molecular complexity index is 831. The summed E-state index contributed by atoms with van der Waals surface area (Å²) in [5.74, 6) is -7.10. The first-order chi connectivity index (χ1) is 16.8. The third-order valence-corrected chi connectivity index (χ3v) is 4.66. The first kappa shape index (κ1) is 32.0. The summed E-state index contributed by atoms with van der Waals surface area (Å²) in [6.45, 7) is -0.872. The molecule has 17 nitrogen and oxygen atoms in total. The number of aliphatic carboxylic acids is 3. The molecule has 4 atom stereocenters. The van der Waals surface area contributed by atoms with Gasteiger partial charge in [-0.3, -0.25) is 29.0 Å². The molecule has 0 radical (unpaired) electrons. The molecule has 0 aromatic rings. The van der Waals surface area contributed by atoms with Gasteiger partial charge in [0, 0.05) is 19.4 Å². The maximum absolute atomic E-state index is 12.9. The average Bonchev–Trinajstić information content (AvgIpc) is 2.79. The Kier molecular flexibility index (Phi) is 14.8. The summed E-state index contributed by atoms with van der Waals surface area (Å²) < 4.78 is 0. The molecule has 0 aliphatic rings. The van der Waals surface area contributed by atoms with Gasteiger partial charge in [0.25, 0.3) is 0 Å². The highest BCUT2D eigenvalue weighted by molar-refractivity contribution is 5.94. The largest absolute Gasteiger partial charge is 0.481 e. The molecular weight excluding hydrogens is 486 g/mol. The number of nitrogens with zero attached hydrogens (tertiary/aromatic N) is 1. The maximum Gasteiger partial charge on any atom is 0.328 e. The summed E-state index contributed by atoms with van der Waals surface area (Å²) >= 11 is 0. The molecule has 4 unspecified atom stereocenters. The Labute approximate surface area is 205 Å². The molecule has 0 fully saturated rings. The summed E-state index contributed by atoms with van der Waals surface area (Å²) in [5.41, 5.74) is 16.1. The minimum Gasteiger partial charge on any atom is -0.481 e. The van der Waals surface area contributed by atoms with E-state index >= 15 is 0 Å². The van der Waals surface area contributed by atoms with Gasteiger partial charge in [0.2, 0.25) is 17.7 Å². The molecule has 0 bridgehead atoms. The van der Waals surface area contributed by atoms with Crippen LogP contribution in [0.5, 0.6) is 0 Å². The van der Waals surface area contributed by atoms with Gasteiger partial charge in [0.15, 0.2) is 5.96 Å². The molecule has 36 heavy (non-hydrogen) atoms. The fraction of sp³-hybridized carbons (Fsp3) is 0.632. The van der Waals surface area contributed by atoms with E-state index in [1.165, 1.54) is 0 Å². The number of aliphatic hydroxyl groups is 1. The van der Waals surface area contributed by atoms with E-state index in [4.69, 9.17) is 37.6 Å². The summed E-state index contributed by atoms with van der Waals surface area (Å²) in [6.07, 6.45) is -1.55. The highest BCUT2D eigenvalue weighted by atomic mass is 16.4. The van der Waals surface area contributed by atoms with E-state index in [1.807, 2.05) is 0 Å². The van der Waals surface area contributed by atoms with Gasteiger partial charge >= 0.3 is 17.9 Å². The molecule has 17 heteroatoms. The number of carbonyl (C=O) groups is 6. The van der Waals surface area contributed by atoms with E-state index in [-0.39, 0.29) is 31.8 Å². The van der Waals surface area contributed by atoms with Crippen LogP contribution < -0.4 is 33.2 Å². The van der Waals surface area contributed by atoms with Crippen LogP contribution in [0.25, 0.3) is 0 Å². The second kappa shape index (κ2) is 16.6. The Balaban J connectivity index is 5.58. The molecule has 204 valence electrons. The van der Waals surface area contributed by atoms with Gasteiger partial charge < -0.3 is 53.6 Å². The lowest BCUT2D eigenvalue weighted by molar-refractivity contribution is -0.143. The highest BCUT2D eigenvalue weighted by Gasteiger charge is 2.30. The number of aliphatic hydroxyl groups excluding tert-OH is 1. The Morgan fingerprint density at radius 3 is 1.67 bits per heavy atom. The van der Waals surface area contributed by atoms with Crippen LogP contribution in [-0.4, -0.2) is 99.3 Å². The third kappa shape index (κ3) is 13.7. The van der Waals surface area contributed by atoms with E-state index in [9.17, 15) is 28.8 Å². The molecule has 13 N–H and O–H groups in total. The van der Waals surface area contributed by atoms with Gasteiger partial charge in [-0.25, -0.2) is 4.79 Å². The topological polar surface area (TPSA) is 310 Å². The van der Waals surface area contributed by atoms with E-state index in [1.54, 1.807) is 0 Å². The summed E-state index contributed by atoms with van der Waals surface area (Å²) in [7, 11) is 0. The summed E-state index contributed by atoms with van der Waals surface area (Å²) in [4.78, 5) is 74.3. The van der Waals surface area contributed by atoms with E-state index in [2.05, 4.69) is 20.9 Å². The molecule has 0 saturated carbocycles. The zero-order valence-electron chi connectivity index (χ0n) is 19.4. The Morgan fingerprint density at radius 2 is 1.19 bits per heavy atom. The number of carboxylic acids is 3. The van der Waals surface area contributed by atoms with Crippen LogP contribution in [0.15, 0.2) is 4.99 Å². The molecule has 3 amide bonds. The van der Waals surface area contributed by atoms with Crippen molar-refractivity contribution in [3.63, 3.8) is 0 Å². The SMILES string of the molecule is NC(N)=NCCCC(NC(=O)C(CCC(=O)O)NC(=O)C(N)CCC(=O)O)C(=O)NC(CO)C(=O)O. The van der Waals surface area contributed by atoms with Crippen molar-refractivity contribution in [2.45, 2.75) is 62.7 Å². The molecule has 0 aliphatic carbocycles. The van der Waals surface area contributed by atoms with Crippen LogP contribution in [-0.2, 0) is 28.8 Å². The van der Waals surface area contributed by atoms with Crippen LogP contribution in [0.2, 0.25) is 0 Å². The fourth-order valence-electron chi connectivity index (χ4n) is 2.73. The minimum absolute atomic E-state index is 0.0575. The average molecular weight is 520 g/mol. The third-order valence-electron chi connectivity index (χ3n) is 4.66. The van der Waals surface area contributed by atoms with Crippen LogP contribution in [0.4, 0.5) is 0 Å². The van der Waals surface area contributed by atoms with Gasteiger partial charge in [-0.15, -0.1) is 0 Å². The quantitative estimate of drug-likeness (QED) is 0.0465. The van der Waals surface area contributed by atoms with Crippen molar-refractivity contribution < 1.29 is 49.2 Å². The standard InChI is InChI=1S/C19H33N7O10/c20-9(3-5-13(28)29)15(32)24-11(4-6-14(30)31)17(34)25-10(2-1-7-23-19(21)22)16(33)26-12(8-27)18(35)36/h9-12,27H,1-8,20H2,(H,24,32)(H,25,34)(H,26,33)(H,28,29)(H,30,31)(H,35,36)(H4,21,22,23). The predicted molar refractivity (Wildman–Crippen MR) is 122 cm³/mol. The zero-order chi connectivity index (χ0) is 27.8. The van der Waals surface area contributed by atoms with Crippen molar-refractivity contribution in [1.82, 2.24) is 16.0 Å². The number of hydrogen-bond acceptors (Lipinski definition) is 9. The molecule has 0 heterocycles. The smallest absolute Gasteiger partial charge is 0.328 e. The van der Waals surface area contributed by atoms with Crippen molar-refractivity contribution in [3.8, 4) is 0 Å². The second-order valence-electron chi connectivity index (χ2n) is 7.62. The number of nitrogens with one attached hydrogen (secondary N) is 3. The van der Waals surface area contributed by atoms with Gasteiger partial charge in [-0.05, 0) is 25.7 Å². The number of aliphatic imine (C=N–C) groups is 1. The number of amides is 3. The number of hydrogen-bond donors (Lipinski definition) is 10. The van der Waals surface area contributed by atoms with Gasteiger partial charge in [0.05, 0.1) is 12.6 Å². The van der Waals surface area contributed by atoms with Crippen molar-refractivity contribution in [2.75, 3.05) is 13.2 Å². The molecule has 0 saturated heterocycles. The number of nitrogens with two attached hydrogens (primary N) is 3. The van der Waals surface area contributed by atoms with Crippen molar-refractivity contribution in [1.29, 1.82) is 0 Å². The van der Waals surface area contributed by atoms with Gasteiger partial charge in [-0.2, -0.15) is 0 Å². The number of rotatable bonds is 18. The zero-order valence-corrected chi connectivity index (χ0v) is 19.4. The lowest BCUT2D eigenvalue weighted by atomic mass is 10.1. The lowest BCUT2D eigenvalue weighted by Gasteiger charge is -2.24. The Hall–Kier alpha value is -3.99. The highest BCUT2D eigenvalue weighted by Crippen LogP contribution is 2.05. The van der Waals surface area contributed by atoms with Gasteiger partial charge in [0.1, 0.15) is 18.1 Å². The summed E-state index contributed by atoms with van der Waals surface area (Å²) in [5, 5.41) is 42.5. The molecule has 0 aromatic heterocycles. The first-order valence-corrected chi connectivity index (χ1v) is 10.8. The maximum atomic E-state index is 12.9. The second-order valence-corrected chi connectivity index (χ2v) is 7.62. The Morgan fingerprint density at radius 1 is 0.722 bits per heavy atom. The minimum atomic E-state index is -1.66. The molecular formula is C19H33N7O10. The van der Waals surface area contributed by atoms with Crippen LogP contribution >= 0.6 is 0 Å². The number of guanidine groups is 1. The lowest BCUT2D eigenvalue weighted by Crippen LogP contribution is -2.57. The number of carbonyl (C=O) groups excluding carboxylic acids is 3. The number of carboxylic acid groups (broad SMARTS) is 3. The fourth-order valence-corrected chi connectivity index (χ4v) is 2.73. The van der Waals surface area contributed by atoms with Crippen LogP contribution in [0.3, 0.4) is 0 Å². The van der Waals surface area contributed by atoms with E-state index in [0.29, 0.717) is 0 Å². The molecule has 0 aromatic carbocycles. The molecule has 0 spiro atoms. The molecule has 0 aliphatic heterocycles. The van der Waals surface area contributed by atoms with Crippen molar-refractivity contribution in [2.24, 2.45) is 22.2 Å². The van der Waals surface area contributed by atoms with E-state index < -0.39 is 85.7 Å². The molecule has 0 rings (SSSR count). The first-order valence-electron chi connectivity index (χ1n) is 10.8. The van der Waals surface area contributed by atoms with Gasteiger partial charge in [-0.1, -0.05) is 0 Å². The van der Waals surface area contributed by atoms with Crippen molar-refractivity contribution in [3.05, 3.63) is 0 Å². The van der Waals surface area contributed by atoms with Crippen LogP contribution in [0, 0.1) is 0 Å². The van der Waals surface area contributed by atoms with Crippen molar-refractivity contribution >= 4 is 41.6 Å². The van der Waals surface area contributed by atoms with Crippen LogP contribution in [0.1, 0.15) is 38.5 Å². The summed E-state index contributed by atoms with van der Waals surface area (Å²) in [6, 6.07) is -5.80. The van der Waals surface area contributed by atoms with E-state index in [0.717, 1.165) is 0 Å². The predicted octanol–water partition coefficient (Wildman–Crippen LogP) is -4.37. The normalized spacial score (nSPS) is 13.8. The monoisotopic (exact) mass is 519 g/mol.